The zero-order valence-corrected chi connectivity index (χ0v) is 12.4. The third-order valence-electron chi connectivity index (χ3n) is 2.24. The number of aryl methyl sites for hydroxylation is 2. The summed E-state index contributed by atoms with van der Waals surface area (Å²) in [6.07, 6.45) is 1.99. The van der Waals surface area contributed by atoms with Gasteiger partial charge in [0.25, 0.3) is 0 Å². The topological polar surface area (TPSA) is 54.9 Å². The summed E-state index contributed by atoms with van der Waals surface area (Å²) in [6, 6.07) is 1.91. The summed E-state index contributed by atoms with van der Waals surface area (Å²) in [6.45, 7) is 3.87. The summed E-state index contributed by atoms with van der Waals surface area (Å²) in [4.78, 5) is 20.2. The summed E-state index contributed by atoms with van der Waals surface area (Å²) in [5, 5.41) is 5.62. The standard InChI is InChI=1S/C12H12BrN3OS/c1-7-3-10(13)12(14-5-7)16-11(17)4-9-6-18-8(2)15-9/h3,5-6H,4H2,1-2H3,(H,14,16,17). The quantitative estimate of drug-likeness (QED) is 0.943. The molecule has 2 rings (SSSR count). The molecule has 0 aliphatic carbocycles. The number of hydrogen-bond donors (Lipinski definition) is 1. The van der Waals surface area contributed by atoms with Gasteiger partial charge in [-0.15, -0.1) is 11.3 Å². The zero-order chi connectivity index (χ0) is 13.1. The van der Waals surface area contributed by atoms with Crippen LogP contribution in [0.25, 0.3) is 0 Å². The first-order chi connectivity index (χ1) is 8.54. The van der Waals surface area contributed by atoms with Crippen LogP contribution in [0.5, 0.6) is 0 Å². The number of hydrogen-bond acceptors (Lipinski definition) is 4. The van der Waals surface area contributed by atoms with E-state index in [9.17, 15) is 4.79 Å². The number of carbonyl (C=O) groups excluding carboxylic acids is 1. The lowest BCUT2D eigenvalue weighted by Gasteiger charge is -2.06. The first-order valence-electron chi connectivity index (χ1n) is 5.37. The van der Waals surface area contributed by atoms with Crippen LogP contribution >= 0.6 is 27.3 Å². The van der Waals surface area contributed by atoms with E-state index in [1.807, 2.05) is 25.3 Å². The summed E-state index contributed by atoms with van der Waals surface area (Å²) < 4.78 is 0.783. The van der Waals surface area contributed by atoms with Crippen LogP contribution in [0.2, 0.25) is 0 Å². The molecule has 0 atom stereocenters. The second kappa shape index (κ2) is 5.58. The lowest BCUT2D eigenvalue weighted by molar-refractivity contribution is -0.115. The number of thiazole rings is 1. The van der Waals surface area contributed by atoms with E-state index in [1.54, 1.807) is 17.5 Å². The van der Waals surface area contributed by atoms with E-state index in [1.165, 1.54) is 0 Å². The number of aromatic nitrogens is 2. The summed E-state index contributed by atoms with van der Waals surface area (Å²) in [5.41, 5.74) is 1.83. The Morgan fingerprint density at radius 1 is 1.50 bits per heavy atom. The lowest BCUT2D eigenvalue weighted by atomic mass is 10.3. The van der Waals surface area contributed by atoms with Crippen molar-refractivity contribution in [2.24, 2.45) is 0 Å². The Kier molecular flexibility index (Phi) is 4.08. The van der Waals surface area contributed by atoms with Gasteiger partial charge < -0.3 is 5.32 Å². The number of rotatable bonds is 3. The van der Waals surface area contributed by atoms with Crippen LogP contribution in [0.1, 0.15) is 16.3 Å². The average molecular weight is 326 g/mol. The fourth-order valence-electron chi connectivity index (χ4n) is 1.46. The van der Waals surface area contributed by atoms with Gasteiger partial charge >= 0.3 is 0 Å². The molecule has 2 heterocycles. The van der Waals surface area contributed by atoms with Crippen LogP contribution in [0, 0.1) is 13.8 Å². The van der Waals surface area contributed by atoms with Crippen LogP contribution in [-0.2, 0) is 11.2 Å². The van der Waals surface area contributed by atoms with Gasteiger partial charge in [-0.3, -0.25) is 4.79 Å². The van der Waals surface area contributed by atoms with Gasteiger partial charge in [0.05, 0.1) is 21.6 Å². The molecule has 0 bridgehead atoms. The number of amides is 1. The molecular weight excluding hydrogens is 314 g/mol. The van der Waals surface area contributed by atoms with Crippen LogP contribution in [0.15, 0.2) is 22.1 Å². The molecule has 0 spiro atoms. The maximum Gasteiger partial charge on any atom is 0.231 e. The second-order valence-corrected chi connectivity index (χ2v) is 5.84. The van der Waals surface area contributed by atoms with Crippen molar-refractivity contribution in [3.05, 3.63) is 38.4 Å². The van der Waals surface area contributed by atoms with E-state index in [0.29, 0.717) is 5.82 Å². The Balaban J connectivity index is 2.03. The van der Waals surface area contributed by atoms with Crippen LogP contribution in [-0.4, -0.2) is 15.9 Å². The highest BCUT2D eigenvalue weighted by atomic mass is 79.9. The van der Waals surface area contributed by atoms with Crippen molar-refractivity contribution in [1.29, 1.82) is 0 Å². The van der Waals surface area contributed by atoms with Crippen molar-refractivity contribution in [3.63, 3.8) is 0 Å². The summed E-state index contributed by atoms with van der Waals surface area (Å²) in [5.74, 6) is 0.426. The molecule has 18 heavy (non-hydrogen) atoms. The Morgan fingerprint density at radius 2 is 2.28 bits per heavy atom. The predicted octanol–water partition coefficient (Wildman–Crippen LogP) is 3.10. The molecule has 0 aliphatic heterocycles. The lowest BCUT2D eigenvalue weighted by Crippen LogP contribution is -2.16. The Morgan fingerprint density at radius 3 is 2.89 bits per heavy atom. The third-order valence-corrected chi connectivity index (χ3v) is 3.67. The molecule has 2 aromatic rings. The normalized spacial score (nSPS) is 10.4. The largest absolute Gasteiger partial charge is 0.309 e. The molecular formula is C12H12BrN3OS. The number of anilines is 1. The fourth-order valence-corrected chi connectivity index (χ4v) is 2.63. The number of halogens is 1. The van der Waals surface area contributed by atoms with E-state index in [4.69, 9.17) is 0 Å². The van der Waals surface area contributed by atoms with Gasteiger partial charge in [-0.1, -0.05) is 0 Å². The fraction of sp³-hybridized carbons (Fsp3) is 0.250. The number of nitrogens with zero attached hydrogens (tertiary/aromatic N) is 2. The molecule has 0 fully saturated rings. The molecule has 0 aromatic carbocycles. The minimum absolute atomic E-state index is 0.114. The van der Waals surface area contributed by atoms with E-state index in [2.05, 4.69) is 31.2 Å². The van der Waals surface area contributed by atoms with Gasteiger partial charge in [0.15, 0.2) is 0 Å². The maximum atomic E-state index is 11.8. The SMILES string of the molecule is Cc1cnc(NC(=O)Cc2csc(C)n2)c(Br)c1. The van der Waals surface area contributed by atoms with Gasteiger partial charge in [0, 0.05) is 11.6 Å². The Bertz CT molecular complexity index is 582. The average Bonchev–Trinajstić information content (AvgIpc) is 2.68. The number of nitrogens with one attached hydrogen (secondary N) is 1. The molecule has 0 aliphatic rings. The van der Waals surface area contributed by atoms with Crippen molar-refractivity contribution in [1.82, 2.24) is 9.97 Å². The highest BCUT2D eigenvalue weighted by Gasteiger charge is 2.09. The molecule has 2 aromatic heterocycles. The molecule has 6 heteroatoms. The predicted molar refractivity (Wildman–Crippen MR) is 75.9 cm³/mol. The van der Waals surface area contributed by atoms with Crippen LogP contribution < -0.4 is 5.32 Å². The molecule has 0 radical (unpaired) electrons. The zero-order valence-electron chi connectivity index (χ0n) is 10.0. The van der Waals surface area contributed by atoms with Crippen molar-refractivity contribution in [2.75, 3.05) is 5.32 Å². The first kappa shape index (κ1) is 13.2. The molecule has 0 unspecified atom stereocenters. The molecule has 0 saturated carbocycles. The number of carbonyl (C=O) groups is 1. The summed E-state index contributed by atoms with van der Waals surface area (Å²) in [7, 11) is 0. The minimum Gasteiger partial charge on any atom is -0.309 e. The smallest absolute Gasteiger partial charge is 0.231 e. The molecule has 94 valence electrons. The Labute approximate surface area is 118 Å². The van der Waals surface area contributed by atoms with E-state index < -0.39 is 0 Å². The van der Waals surface area contributed by atoms with Crippen LogP contribution in [0.3, 0.4) is 0 Å². The van der Waals surface area contributed by atoms with Gasteiger partial charge in [-0.2, -0.15) is 0 Å². The van der Waals surface area contributed by atoms with Crippen LogP contribution in [0.4, 0.5) is 5.82 Å². The highest BCUT2D eigenvalue weighted by molar-refractivity contribution is 9.10. The van der Waals surface area contributed by atoms with E-state index in [0.717, 1.165) is 20.7 Å². The second-order valence-electron chi connectivity index (χ2n) is 3.93. The molecule has 4 nitrogen and oxygen atoms in total. The Hall–Kier alpha value is -1.27. The first-order valence-corrected chi connectivity index (χ1v) is 7.05. The maximum absolute atomic E-state index is 11.8. The van der Waals surface area contributed by atoms with Gasteiger partial charge in [-0.25, -0.2) is 9.97 Å². The monoisotopic (exact) mass is 325 g/mol. The highest BCUT2D eigenvalue weighted by Crippen LogP contribution is 2.20. The molecule has 0 saturated heterocycles. The van der Waals surface area contributed by atoms with Crippen molar-refractivity contribution in [2.45, 2.75) is 20.3 Å². The van der Waals surface area contributed by atoms with Gasteiger partial charge in [-0.05, 0) is 41.4 Å². The third kappa shape index (κ3) is 3.36. The number of pyridine rings is 1. The van der Waals surface area contributed by atoms with Crippen molar-refractivity contribution in [3.8, 4) is 0 Å². The van der Waals surface area contributed by atoms with E-state index in [-0.39, 0.29) is 12.3 Å². The van der Waals surface area contributed by atoms with Crippen molar-refractivity contribution < 1.29 is 4.79 Å². The van der Waals surface area contributed by atoms with Gasteiger partial charge in [0.2, 0.25) is 5.91 Å². The minimum atomic E-state index is -0.114. The van der Waals surface area contributed by atoms with Crippen molar-refractivity contribution >= 4 is 39.0 Å². The van der Waals surface area contributed by atoms with E-state index >= 15 is 0 Å². The molecule has 1 amide bonds. The molecule has 1 N–H and O–H groups in total. The summed E-state index contributed by atoms with van der Waals surface area (Å²) >= 11 is 4.92. The van der Waals surface area contributed by atoms with Gasteiger partial charge in [0.1, 0.15) is 5.82 Å².